The first-order chi connectivity index (χ1) is 7.81. The number of benzene rings is 1. The van der Waals surface area contributed by atoms with Gasteiger partial charge in [0.15, 0.2) is 11.5 Å². The Bertz CT molecular complexity index is 385. The molecule has 86 valence electrons. The Morgan fingerprint density at radius 2 is 2.06 bits per heavy atom. The molecule has 16 heavy (non-hydrogen) atoms. The molecule has 0 radical (unpaired) electrons. The molecule has 0 N–H and O–H groups in total. The maximum Gasteiger partial charge on any atom is 0.161 e. The van der Waals surface area contributed by atoms with Crippen LogP contribution in [0.3, 0.4) is 0 Å². The summed E-state index contributed by atoms with van der Waals surface area (Å²) in [5, 5.41) is 0. The lowest BCUT2D eigenvalue weighted by Crippen LogP contribution is -1.96. The quantitative estimate of drug-likeness (QED) is 0.707. The van der Waals surface area contributed by atoms with Crippen LogP contribution in [0.15, 0.2) is 18.2 Å². The molecule has 0 heterocycles. The predicted octanol–water partition coefficient (Wildman–Crippen LogP) is 3.05. The fraction of sp³-hybridized carbons (Fsp3) is 0.429. The lowest BCUT2D eigenvalue weighted by molar-refractivity contribution is 0.310. The second-order valence-corrected chi connectivity index (χ2v) is 3.35. The van der Waals surface area contributed by atoms with E-state index in [1.807, 2.05) is 26.0 Å². The van der Waals surface area contributed by atoms with Crippen LogP contribution >= 0.6 is 0 Å². The summed E-state index contributed by atoms with van der Waals surface area (Å²) in [6.45, 7) is 4.47. The first-order valence-electron chi connectivity index (χ1n) is 5.51. The fourth-order valence-corrected chi connectivity index (χ4v) is 1.47. The second kappa shape index (κ2) is 6.79. The summed E-state index contributed by atoms with van der Waals surface area (Å²) in [5.41, 5.74) is 1.23. The molecular weight excluding hydrogens is 200 g/mol. The van der Waals surface area contributed by atoms with Crippen molar-refractivity contribution in [2.75, 3.05) is 13.7 Å². The largest absolute Gasteiger partial charge is 0.493 e. The highest BCUT2D eigenvalue weighted by Gasteiger charge is 2.04. The van der Waals surface area contributed by atoms with E-state index in [9.17, 15) is 0 Å². The standard InChI is InChI=1S/C14H18O2/c1-4-6-7-8-12-9-10-13(16-5-2)14(11-12)15-3/h9-11H,5,7-8H2,1-3H3. The molecule has 0 fully saturated rings. The summed E-state index contributed by atoms with van der Waals surface area (Å²) >= 11 is 0. The van der Waals surface area contributed by atoms with Gasteiger partial charge < -0.3 is 9.47 Å². The first kappa shape index (κ1) is 12.4. The third-order valence-corrected chi connectivity index (χ3v) is 2.24. The molecule has 1 aromatic rings. The van der Waals surface area contributed by atoms with E-state index in [-0.39, 0.29) is 0 Å². The fourth-order valence-electron chi connectivity index (χ4n) is 1.47. The number of aryl methyl sites for hydroxylation is 1. The van der Waals surface area contributed by atoms with E-state index in [1.165, 1.54) is 5.56 Å². The van der Waals surface area contributed by atoms with Crippen LogP contribution in [0.5, 0.6) is 11.5 Å². The second-order valence-electron chi connectivity index (χ2n) is 3.35. The van der Waals surface area contributed by atoms with Gasteiger partial charge in [0, 0.05) is 6.42 Å². The molecule has 0 saturated heterocycles. The van der Waals surface area contributed by atoms with Gasteiger partial charge in [-0.2, -0.15) is 0 Å². The molecule has 0 aliphatic rings. The van der Waals surface area contributed by atoms with Gasteiger partial charge in [0.25, 0.3) is 0 Å². The van der Waals surface area contributed by atoms with Gasteiger partial charge in [-0.25, -0.2) is 0 Å². The first-order valence-corrected chi connectivity index (χ1v) is 5.51. The maximum atomic E-state index is 5.46. The van der Waals surface area contributed by atoms with Gasteiger partial charge in [-0.3, -0.25) is 0 Å². The highest BCUT2D eigenvalue weighted by molar-refractivity contribution is 5.43. The van der Waals surface area contributed by atoms with E-state index in [2.05, 4.69) is 17.9 Å². The van der Waals surface area contributed by atoms with E-state index in [1.54, 1.807) is 7.11 Å². The Morgan fingerprint density at radius 1 is 1.25 bits per heavy atom. The van der Waals surface area contributed by atoms with E-state index >= 15 is 0 Å². The van der Waals surface area contributed by atoms with Crippen LogP contribution in [0.25, 0.3) is 0 Å². The molecule has 1 aromatic carbocycles. The average molecular weight is 218 g/mol. The van der Waals surface area contributed by atoms with Gasteiger partial charge in [-0.1, -0.05) is 6.07 Å². The number of rotatable bonds is 5. The predicted molar refractivity (Wildman–Crippen MR) is 65.9 cm³/mol. The van der Waals surface area contributed by atoms with Gasteiger partial charge in [-0.15, -0.1) is 11.8 Å². The van der Waals surface area contributed by atoms with Crippen molar-refractivity contribution in [1.29, 1.82) is 0 Å². The van der Waals surface area contributed by atoms with Gasteiger partial charge in [0.1, 0.15) is 0 Å². The Morgan fingerprint density at radius 3 is 2.69 bits per heavy atom. The number of hydrogen-bond donors (Lipinski definition) is 0. The van der Waals surface area contributed by atoms with Crippen LogP contribution in [0.4, 0.5) is 0 Å². The van der Waals surface area contributed by atoms with Gasteiger partial charge in [0.2, 0.25) is 0 Å². The zero-order valence-corrected chi connectivity index (χ0v) is 10.2. The molecule has 0 spiro atoms. The van der Waals surface area contributed by atoms with Crippen LogP contribution < -0.4 is 9.47 Å². The molecule has 0 aliphatic carbocycles. The molecule has 0 aliphatic heterocycles. The van der Waals surface area contributed by atoms with Crippen molar-refractivity contribution in [3.8, 4) is 23.3 Å². The Labute approximate surface area is 97.6 Å². The highest BCUT2D eigenvalue weighted by Crippen LogP contribution is 2.28. The molecular formula is C14H18O2. The van der Waals surface area contributed by atoms with Crippen LogP contribution in [-0.4, -0.2) is 13.7 Å². The molecule has 2 nitrogen and oxygen atoms in total. The third-order valence-electron chi connectivity index (χ3n) is 2.24. The molecule has 2 heteroatoms. The monoisotopic (exact) mass is 218 g/mol. The van der Waals surface area contributed by atoms with Crippen LogP contribution in [0.1, 0.15) is 25.8 Å². The Balaban J connectivity index is 2.76. The van der Waals surface area contributed by atoms with Crippen LogP contribution in [0.2, 0.25) is 0 Å². The number of hydrogen-bond acceptors (Lipinski definition) is 2. The summed E-state index contributed by atoms with van der Waals surface area (Å²) < 4.78 is 10.7. The number of methoxy groups -OCH3 is 1. The summed E-state index contributed by atoms with van der Waals surface area (Å²) in [5.74, 6) is 7.54. The van der Waals surface area contributed by atoms with E-state index in [0.717, 1.165) is 24.3 Å². The summed E-state index contributed by atoms with van der Waals surface area (Å²) in [7, 11) is 1.66. The summed E-state index contributed by atoms with van der Waals surface area (Å²) in [4.78, 5) is 0. The average Bonchev–Trinajstić information content (AvgIpc) is 2.31. The van der Waals surface area contributed by atoms with Gasteiger partial charge >= 0.3 is 0 Å². The molecule has 0 bridgehead atoms. The lowest BCUT2D eigenvalue weighted by atomic mass is 10.1. The zero-order valence-electron chi connectivity index (χ0n) is 10.2. The van der Waals surface area contributed by atoms with Crippen LogP contribution in [0, 0.1) is 11.8 Å². The lowest BCUT2D eigenvalue weighted by Gasteiger charge is -2.10. The van der Waals surface area contributed by atoms with Gasteiger partial charge in [-0.05, 0) is 38.0 Å². The van der Waals surface area contributed by atoms with Gasteiger partial charge in [0.05, 0.1) is 13.7 Å². The molecule has 1 rings (SSSR count). The van der Waals surface area contributed by atoms with E-state index in [0.29, 0.717) is 6.61 Å². The topological polar surface area (TPSA) is 18.5 Å². The van der Waals surface area contributed by atoms with Crippen LogP contribution in [-0.2, 0) is 6.42 Å². The highest BCUT2D eigenvalue weighted by atomic mass is 16.5. The molecule has 0 atom stereocenters. The minimum Gasteiger partial charge on any atom is -0.493 e. The zero-order chi connectivity index (χ0) is 11.8. The smallest absolute Gasteiger partial charge is 0.161 e. The normalized spacial score (nSPS) is 9.19. The summed E-state index contributed by atoms with van der Waals surface area (Å²) in [6.07, 6.45) is 1.83. The van der Waals surface area contributed by atoms with Crippen molar-refractivity contribution >= 4 is 0 Å². The minimum atomic E-state index is 0.650. The SMILES string of the molecule is CC#CCCc1ccc(OCC)c(OC)c1. The Hall–Kier alpha value is -1.62. The van der Waals surface area contributed by atoms with Crippen molar-refractivity contribution in [2.24, 2.45) is 0 Å². The molecule has 0 amide bonds. The van der Waals surface area contributed by atoms with Crippen molar-refractivity contribution < 1.29 is 9.47 Å². The van der Waals surface area contributed by atoms with Crippen molar-refractivity contribution in [3.05, 3.63) is 23.8 Å². The summed E-state index contributed by atoms with van der Waals surface area (Å²) in [6, 6.07) is 6.03. The molecule has 0 saturated carbocycles. The Kier molecular flexibility index (Phi) is 5.28. The van der Waals surface area contributed by atoms with Crippen molar-refractivity contribution in [1.82, 2.24) is 0 Å². The van der Waals surface area contributed by atoms with Crippen molar-refractivity contribution in [2.45, 2.75) is 26.7 Å². The van der Waals surface area contributed by atoms with E-state index in [4.69, 9.17) is 9.47 Å². The molecule has 0 unspecified atom stereocenters. The molecule has 0 aromatic heterocycles. The third kappa shape index (κ3) is 3.51. The maximum absolute atomic E-state index is 5.46. The minimum absolute atomic E-state index is 0.650. The van der Waals surface area contributed by atoms with E-state index < -0.39 is 0 Å². The van der Waals surface area contributed by atoms with Crippen molar-refractivity contribution in [3.63, 3.8) is 0 Å². The number of ether oxygens (including phenoxy) is 2.